The van der Waals surface area contributed by atoms with Gasteiger partial charge in [0.1, 0.15) is 25.1 Å². The molecule has 10 nitrogen and oxygen atoms in total. The van der Waals surface area contributed by atoms with E-state index in [9.17, 15) is 18.4 Å². The number of piperidine rings is 1. The minimum absolute atomic E-state index is 0.0310. The zero-order chi connectivity index (χ0) is 31.8. The van der Waals surface area contributed by atoms with Gasteiger partial charge in [0.25, 0.3) is 0 Å². The average molecular weight is 620 g/mol. The predicted molar refractivity (Wildman–Crippen MR) is 162 cm³/mol. The number of ether oxygens (including phenoxy) is 3. The highest BCUT2D eigenvalue weighted by atomic mass is 19.1. The fraction of sp³-hybridized carbons (Fsp3) is 0.394. The molecule has 3 aromatic rings. The van der Waals surface area contributed by atoms with Gasteiger partial charge in [-0.1, -0.05) is 12.1 Å². The lowest BCUT2D eigenvalue weighted by molar-refractivity contribution is -0.122. The molecule has 2 aliphatic rings. The van der Waals surface area contributed by atoms with E-state index in [1.165, 1.54) is 25.3 Å². The Bertz CT molecular complexity index is 1550. The van der Waals surface area contributed by atoms with Crippen LogP contribution in [-0.4, -0.2) is 73.9 Å². The first-order chi connectivity index (χ1) is 21.9. The summed E-state index contributed by atoms with van der Waals surface area (Å²) in [5, 5.41) is 15.0. The summed E-state index contributed by atoms with van der Waals surface area (Å²) in [6.07, 6.45) is 2.28. The van der Waals surface area contributed by atoms with Crippen molar-refractivity contribution in [2.24, 2.45) is 0 Å². The van der Waals surface area contributed by atoms with Crippen molar-refractivity contribution in [1.29, 1.82) is 5.26 Å². The molecule has 236 valence electrons. The monoisotopic (exact) mass is 619 g/mol. The van der Waals surface area contributed by atoms with Crippen LogP contribution in [0.4, 0.5) is 20.2 Å². The van der Waals surface area contributed by atoms with Gasteiger partial charge in [0.15, 0.2) is 0 Å². The number of anilines is 2. The second-order valence-corrected chi connectivity index (χ2v) is 11.0. The largest absolute Gasteiger partial charge is 0.473 e. The van der Waals surface area contributed by atoms with Gasteiger partial charge in [-0.25, -0.2) is 18.6 Å². The van der Waals surface area contributed by atoms with E-state index in [1.807, 2.05) is 23.1 Å². The summed E-state index contributed by atoms with van der Waals surface area (Å²) in [5.41, 5.74) is 2.64. The SMILES string of the molecule is COC(=O)c1ccc(NC(=O)C(CF)N2CCC(c3cccc(OCc4ccc(C#N)cc4F)n3)CC2)c(NC[C@@H]2CCO2)c1. The number of benzene rings is 2. The highest BCUT2D eigenvalue weighted by Crippen LogP contribution is 2.30. The fourth-order valence-electron chi connectivity index (χ4n) is 5.39. The van der Waals surface area contributed by atoms with Crippen molar-refractivity contribution in [2.75, 3.05) is 50.7 Å². The minimum atomic E-state index is -0.987. The van der Waals surface area contributed by atoms with Gasteiger partial charge >= 0.3 is 5.97 Å². The normalized spacial score (nSPS) is 17.4. The first kappa shape index (κ1) is 31.8. The Kier molecular flexibility index (Phi) is 10.5. The molecule has 2 saturated heterocycles. The van der Waals surface area contributed by atoms with Gasteiger partial charge in [-0.2, -0.15) is 5.26 Å². The summed E-state index contributed by atoms with van der Waals surface area (Å²) in [4.78, 5) is 31.8. The van der Waals surface area contributed by atoms with Gasteiger partial charge in [0.05, 0.1) is 41.8 Å². The maximum absolute atomic E-state index is 14.3. The second kappa shape index (κ2) is 14.9. The number of alkyl halides is 1. The van der Waals surface area contributed by atoms with E-state index in [2.05, 4.69) is 15.6 Å². The van der Waals surface area contributed by atoms with Gasteiger partial charge in [-0.3, -0.25) is 9.69 Å². The number of nitrogens with one attached hydrogen (secondary N) is 2. The summed E-state index contributed by atoms with van der Waals surface area (Å²) < 4.78 is 44.6. The summed E-state index contributed by atoms with van der Waals surface area (Å²) in [7, 11) is 1.30. The number of carbonyl (C=O) groups is 2. The number of hydrogen-bond donors (Lipinski definition) is 2. The number of halogens is 2. The molecule has 0 saturated carbocycles. The quantitative estimate of drug-likeness (QED) is 0.275. The van der Waals surface area contributed by atoms with Crippen LogP contribution in [0.3, 0.4) is 0 Å². The molecule has 1 amide bonds. The predicted octanol–water partition coefficient (Wildman–Crippen LogP) is 4.81. The lowest BCUT2D eigenvalue weighted by Crippen LogP contribution is -2.48. The van der Waals surface area contributed by atoms with Crippen molar-refractivity contribution >= 4 is 23.3 Å². The number of likely N-dealkylation sites (tertiary alicyclic amines) is 1. The molecule has 2 aromatic carbocycles. The number of carbonyl (C=O) groups excluding carboxylic acids is 2. The van der Waals surface area contributed by atoms with Crippen LogP contribution in [0, 0.1) is 17.1 Å². The molecule has 0 spiro atoms. The summed E-state index contributed by atoms with van der Waals surface area (Å²) >= 11 is 0. The Morgan fingerprint density at radius 1 is 1.13 bits per heavy atom. The summed E-state index contributed by atoms with van der Waals surface area (Å²) in [6.45, 7) is 1.28. The Labute approximate surface area is 260 Å². The maximum atomic E-state index is 14.3. The van der Waals surface area contributed by atoms with Crippen molar-refractivity contribution in [3.8, 4) is 11.9 Å². The molecule has 0 bridgehead atoms. The topological polar surface area (TPSA) is 126 Å². The van der Waals surface area contributed by atoms with Crippen LogP contribution in [0.1, 0.15) is 52.4 Å². The third kappa shape index (κ3) is 7.92. The number of pyridine rings is 1. The third-order valence-electron chi connectivity index (χ3n) is 8.15. The van der Waals surface area contributed by atoms with Crippen molar-refractivity contribution in [2.45, 2.75) is 43.9 Å². The molecule has 0 aliphatic carbocycles. The molecule has 2 atom stereocenters. The molecular formula is C33H35F2N5O5. The van der Waals surface area contributed by atoms with E-state index in [4.69, 9.17) is 19.5 Å². The lowest BCUT2D eigenvalue weighted by Gasteiger charge is -2.35. The van der Waals surface area contributed by atoms with Crippen molar-refractivity contribution in [1.82, 2.24) is 9.88 Å². The van der Waals surface area contributed by atoms with E-state index in [1.54, 1.807) is 24.3 Å². The van der Waals surface area contributed by atoms with E-state index < -0.39 is 30.4 Å². The summed E-state index contributed by atoms with van der Waals surface area (Å²) in [6, 6.07) is 15.3. The minimum Gasteiger partial charge on any atom is -0.473 e. The van der Waals surface area contributed by atoms with Gasteiger partial charge in [0, 0.05) is 36.4 Å². The number of nitriles is 1. The molecule has 3 heterocycles. The molecule has 5 rings (SSSR count). The maximum Gasteiger partial charge on any atom is 0.337 e. The number of esters is 1. The fourth-order valence-corrected chi connectivity index (χ4v) is 5.39. The van der Waals surface area contributed by atoms with Crippen LogP contribution < -0.4 is 15.4 Å². The highest BCUT2D eigenvalue weighted by Gasteiger charge is 2.31. The van der Waals surface area contributed by atoms with Crippen LogP contribution >= 0.6 is 0 Å². The smallest absolute Gasteiger partial charge is 0.337 e. The molecule has 2 aliphatic heterocycles. The standard InChI is InChI=1S/C33H35F2N5O5/c1-43-33(42)23-7-8-28(29(16-23)37-19-25-11-14-44-25)39-32(41)30(17-34)40-12-9-22(10-13-40)27-3-2-4-31(38-27)45-20-24-6-5-21(18-36)15-26(24)35/h2-8,15-16,22,25,30,37H,9-14,17,19-20H2,1H3,(H,39,41)/t25-,30?/m0/s1. The number of methoxy groups -OCH3 is 1. The number of nitrogens with zero attached hydrogens (tertiary/aromatic N) is 3. The Morgan fingerprint density at radius 3 is 2.60 bits per heavy atom. The van der Waals surface area contributed by atoms with Crippen molar-refractivity contribution in [3.63, 3.8) is 0 Å². The van der Waals surface area contributed by atoms with Gasteiger partial charge in [0.2, 0.25) is 11.8 Å². The van der Waals surface area contributed by atoms with E-state index in [0.29, 0.717) is 67.5 Å². The highest BCUT2D eigenvalue weighted by molar-refractivity contribution is 5.99. The first-order valence-electron chi connectivity index (χ1n) is 14.9. The van der Waals surface area contributed by atoms with Gasteiger partial charge in [-0.15, -0.1) is 0 Å². The van der Waals surface area contributed by atoms with Gasteiger partial charge in [-0.05, 0) is 68.8 Å². The zero-order valence-electron chi connectivity index (χ0n) is 24.9. The Balaban J connectivity index is 1.18. The van der Waals surface area contributed by atoms with Crippen LogP contribution in [-0.2, 0) is 20.9 Å². The van der Waals surface area contributed by atoms with Crippen LogP contribution in [0.5, 0.6) is 5.88 Å². The van der Waals surface area contributed by atoms with Crippen molar-refractivity contribution < 1.29 is 32.6 Å². The van der Waals surface area contributed by atoms with E-state index in [-0.39, 0.29) is 24.2 Å². The number of aromatic nitrogens is 1. The lowest BCUT2D eigenvalue weighted by atomic mass is 9.92. The van der Waals surface area contributed by atoms with E-state index in [0.717, 1.165) is 12.1 Å². The average Bonchev–Trinajstić information content (AvgIpc) is 3.04. The first-order valence-corrected chi connectivity index (χ1v) is 14.9. The van der Waals surface area contributed by atoms with Gasteiger partial charge < -0.3 is 24.8 Å². The molecule has 45 heavy (non-hydrogen) atoms. The number of amides is 1. The summed E-state index contributed by atoms with van der Waals surface area (Å²) in [5.74, 6) is -1.07. The second-order valence-electron chi connectivity index (χ2n) is 11.0. The van der Waals surface area contributed by atoms with Crippen LogP contribution in [0.2, 0.25) is 0 Å². The molecule has 1 aromatic heterocycles. The Hall–Kier alpha value is -4.60. The molecule has 12 heteroatoms. The van der Waals surface area contributed by atoms with Crippen LogP contribution in [0.15, 0.2) is 54.6 Å². The van der Waals surface area contributed by atoms with E-state index >= 15 is 0 Å². The molecule has 0 radical (unpaired) electrons. The third-order valence-corrected chi connectivity index (χ3v) is 8.15. The number of hydrogen-bond acceptors (Lipinski definition) is 9. The number of rotatable bonds is 12. The molecular weight excluding hydrogens is 584 g/mol. The molecule has 2 fully saturated rings. The van der Waals surface area contributed by atoms with Crippen LogP contribution in [0.25, 0.3) is 0 Å². The zero-order valence-corrected chi connectivity index (χ0v) is 24.9. The molecule has 1 unspecified atom stereocenters. The van der Waals surface area contributed by atoms with Crippen molar-refractivity contribution in [3.05, 3.63) is 82.8 Å². The Morgan fingerprint density at radius 2 is 1.93 bits per heavy atom. The molecule has 2 N–H and O–H groups in total.